The molecule has 0 aliphatic carbocycles. The summed E-state index contributed by atoms with van der Waals surface area (Å²) < 4.78 is 5.44. The smallest absolute Gasteiger partial charge is 0.101 e. The Bertz CT molecular complexity index is 292. The molecule has 0 saturated carbocycles. The quantitative estimate of drug-likeness (QED) is 0.659. The van der Waals surface area contributed by atoms with E-state index in [2.05, 4.69) is 0 Å². The molecule has 1 heterocycles. The molecule has 0 unspecified atom stereocenters. The summed E-state index contributed by atoms with van der Waals surface area (Å²) in [6.07, 6.45) is 3.23. The second-order valence-electron chi connectivity index (χ2n) is 3.12. The molecule has 2 rings (SSSR count). The lowest BCUT2D eigenvalue weighted by molar-refractivity contribution is 0.0145. The van der Waals surface area contributed by atoms with Crippen LogP contribution >= 0.6 is 0 Å². The predicted molar refractivity (Wildman–Crippen MR) is 50.3 cm³/mol. The zero-order valence-electron chi connectivity index (χ0n) is 7.26. The average Bonchev–Trinajstić information content (AvgIpc) is 2.20. The first-order chi connectivity index (χ1) is 6.36. The van der Waals surface area contributed by atoms with Gasteiger partial charge in [0, 0.05) is 0 Å². The fourth-order valence-electron chi connectivity index (χ4n) is 1.39. The fourth-order valence-corrected chi connectivity index (χ4v) is 1.39. The Balaban J connectivity index is 2.15. The van der Waals surface area contributed by atoms with Gasteiger partial charge in [-0.15, -0.1) is 0 Å². The lowest BCUT2D eigenvalue weighted by Gasteiger charge is -2.20. The maximum Gasteiger partial charge on any atom is 0.101 e. The van der Waals surface area contributed by atoms with Crippen molar-refractivity contribution in [2.75, 3.05) is 6.61 Å². The van der Waals surface area contributed by atoms with E-state index in [0.717, 1.165) is 5.56 Å². The zero-order chi connectivity index (χ0) is 9.10. The summed E-state index contributed by atoms with van der Waals surface area (Å²) in [4.78, 5) is 0. The maximum atomic E-state index is 9.16. The van der Waals surface area contributed by atoms with Crippen molar-refractivity contribution in [3.63, 3.8) is 0 Å². The highest BCUT2D eigenvalue weighted by molar-refractivity contribution is 5.22. The number of rotatable bonds is 1. The molecular weight excluding hydrogens is 164 g/mol. The first-order valence-electron chi connectivity index (χ1n) is 4.39. The standard InChI is InChI=1S/C11H12O2/c12-10-6-7-11(13-8-10)9-4-2-1-3-5-9/h1-7,10-12H,8H2/t10-,11+/m0/s1. The molecule has 0 saturated heterocycles. The number of benzene rings is 1. The van der Waals surface area contributed by atoms with E-state index in [4.69, 9.17) is 9.84 Å². The molecule has 1 N–H and O–H groups in total. The molecule has 0 fully saturated rings. The monoisotopic (exact) mass is 176 g/mol. The van der Waals surface area contributed by atoms with Crippen LogP contribution in [0.15, 0.2) is 42.5 Å². The molecule has 0 spiro atoms. The minimum Gasteiger partial charge on any atom is -0.387 e. The van der Waals surface area contributed by atoms with E-state index < -0.39 is 6.10 Å². The van der Waals surface area contributed by atoms with Crippen molar-refractivity contribution in [3.8, 4) is 0 Å². The predicted octanol–water partition coefficient (Wildman–Crippen LogP) is 1.68. The van der Waals surface area contributed by atoms with Gasteiger partial charge in [0.15, 0.2) is 0 Å². The maximum absolute atomic E-state index is 9.16. The second-order valence-corrected chi connectivity index (χ2v) is 3.12. The summed E-state index contributed by atoms with van der Waals surface area (Å²) in [7, 11) is 0. The Labute approximate surface area is 77.5 Å². The number of hydrogen-bond acceptors (Lipinski definition) is 2. The van der Waals surface area contributed by atoms with Crippen molar-refractivity contribution >= 4 is 0 Å². The summed E-state index contributed by atoms with van der Waals surface area (Å²) in [6.45, 7) is 0.385. The minimum absolute atomic E-state index is 0.00426. The van der Waals surface area contributed by atoms with Gasteiger partial charge in [0.05, 0.1) is 12.7 Å². The van der Waals surface area contributed by atoms with E-state index in [0.29, 0.717) is 6.61 Å². The van der Waals surface area contributed by atoms with Gasteiger partial charge < -0.3 is 9.84 Å². The number of ether oxygens (including phenoxy) is 1. The van der Waals surface area contributed by atoms with Gasteiger partial charge in [0.25, 0.3) is 0 Å². The van der Waals surface area contributed by atoms with Crippen molar-refractivity contribution in [1.82, 2.24) is 0 Å². The van der Waals surface area contributed by atoms with Crippen LogP contribution in [0.25, 0.3) is 0 Å². The van der Waals surface area contributed by atoms with E-state index >= 15 is 0 Å². The molecule has 1 aliphatic rings. The van der Waals surface area contributed by atoms with Gasteiger partial charge in [0.2, 0.25) is 0 Å². The van der Waals surface area contributed by atoms with Gasteiger partial charge in [-0.05, 0) is 5.56 Å². The minimum atomic E-state index is -0.444. The molecule has 1 aromatic rings. The third-order valence-electron chi connectivity index (χ3n) is 2.08. The summed E-state index contributed by atoms with van der Waals surface area (Å²) in [6, 6.07) is 9.99. The normalized spacial score (nSPS) is 27.5. The molecule has 1 aliphatic heterocycles. The highest BCUT2D eigenvalue weighted by atomic mass is 16.5. The SMILES string of the molecule is O[C@H]1C=C[C@H](c2ccccc2)OC1. The van der Waals surface area contributed by atoms with E-state index in [1.54, 1.807) is 6.08 Å². The second kappa shape index (κ2) is 3.73. The van der Waals surface area contributed by atoms with Gasteiger partial charge in [-0.1, -0.05) is 42.5 Å². The largest absolute Gasteiger partial charge is 0.387 e. The van der Waals surface area contributed by atoms with Crippen molar-refractivity contribution in [2.24, 2.45) is 0 Å². The van der Waals surface area contributed by atoms with Gasteiger partial charge >= 0.3 is 0 Å². The molecule has 0 radical (unpaired) electrons. The molecule has 0 aromatic heterocycles. The van der Waals surface area contributed by atoms with Crippen molar-refractivity contribution < 1.29 is 9.84 Å². The zero-order valence-corrected chi connectivity index (χ0v) is 7.26. The van der Waals surface area contributed by atoms with Crippen LogP contribution in [-0.4, -0.2) is 17.8 Å². The van der Waals surface area contributed by atoms with E-state index in [1.165, 1.54) is 0 Å². The third-order valence-corrected chi connectivity index (χ3v) is 2.08. The molecule has 2 heteroatoms. The number of aliphatic hydroxyl groups excluding tert-OH is 1. The van der Waals surface area contributed by atoms with Crippen molar-refractivity contribution in [3.05, 3.63) is 48.0 Å². The van der Waals surface area contributed by atoms with E-state index in [-0.39, 0.29) is 6.10 Å². The summed E-state index contributed by atoms with van der Waals surface area (Å²) in [5.74, 6) is 0. The van der Waals surface area contributed by atoms with Crippen LogP contribution in [0, 0.1) is 0 Å². The lowest BCUT2D eigenvalue weighted by atomic mass is 10.1. The van der Waals surface area contributed by atoms with Crippen molar-refractivity contribution in [1.29, 1.82) is 0 Å². The molecular formula is C11H12O2. The van der Waals surface area contributed by atoms with Gasteiger partial charge in [-0.3, -0.25) is 0 Å². The number of hydrogen-bond donors (Lipinski definition) is 1. The molecule has 2 nitrogen and oxygen atoms in total. The fraction of sp³-hybridized carbons (Fsp3) is 0.273. The van der Waals surface area contributed by atoms with Crippen LogP contribution in [0.4, 0.5) is 0 Å². The lowest BCUT2D eigenvalue weighted by Crippen LogP contribution is -2.19. The Morgan fingerprint density at radius 1 is 1.15 bits per heavy atom. The molecule has 13 heavy (non-hydrogen) atoms. The Morgan fingerprint density at radius 2 is 1.92 bits per heavy atom. The Hall–Kier alpha value is -1.12. The Morgan fingerprint density at radius 3 is 2.54 bits per heavy atom. The third kappa shape index (κ3) is 1.97. The number of aliphatic hydroxyl groups is 1. The summed E-state index contributed by atoms with van der Waals surface area (Å²) >= 11 is 0. The van der Waals surface area contributed by atoms with Gasteiger partial charge in [-0.25, -0.2) is 0 Å². The topological polar surface area (TPSA) is 29.5 Å². The first-order valence-corrected chi connectivity index (χ1v) is 4.39. The van der Waals surface area contributed by atoms with E-state index in [1.807, 2.05) is 36.4 Å². The van der Waals surface area contributed by atoms with Crippen LogP contribution in [-0.2, 0) is 4.74 Å². The van der Waals surface area contributed by atoms with Crippen LogP contribution in [0.5, 0.6) is 0 Å². The van der Waals surface area contributed by atoms with Gasteiger partial charge in [0.1, 0.15) is 6.10 Å². The van der Waals surface area contributed by atoms with Crippen molar-refractivity contribution in [2.45, 2.75) is 12.2 Å². The summed E-state index contributed by atoms with van der Waals surface area (Å²) in [5, 5.41) is 9.16. The average molecular weight is 176 g/mol. The molecule has 1 aromatic carbocycles. The summed E-state index contributed by atoms with van der Waals surface area (Å²) in [5.41, 5.74) is 1.13. The highest BCUT2D eigenvalue weighted by Crippen LogP contribution is 2.21. The molecule has 68 valence electrons. The van der Waals surface area contributed by atoms with Gasteiger partial charge in [-0.2, -0.15) is 0 Å². The molecule has 2 atom stereocenters. The van der Waals surface area contributed by atoms with Crippen LogP contribution in [0.1, 0.15) is 11.7 Å². The van der Waals surface area contributed by atoms with E-state index in [9.17, 15) is 0 Å². The molecule has 0 amide bonds. The molecule has 0 bridgehead atoms. The van der Waals surface area contributed by atoms with Crippen LogP contribution < -0.4 is 0 Å². The highest BCUT2D eigenvalue weighted by Gasteiger charge is 2.14. The Kier molecular flexibility index (Phi) is 2.43. The first kappa shape index (κ1) is 8.48. The van der Waals surface area contributed by atoms with Crippen LogP contribution in [0.3, 0.4) is 0 Å². The van der Waals surface area contributed by atoms with Crippen LogP contribution in [0.2, 0.25) is 0 Å².